The summed E-state index contributed by atoms with van der Waals surface area (Å²) in [5.41, 5.74) is 1.25. The van der Waals surface area contributed by atoms with Crippen molar-refractivity contribution in [3.05, 3.63) is 35.9 Å². The highest BCUT2D eigenvalue weighted by Crippen LogP contribution is 2.13. The zero-order valence-electron chi connectivity index (χ0n) is 11.5. The molecule has 1 aromatic carbocycles. The first-order valence-corrected chi connectivity index (χ1v) is 6.56. The molecule has 0 aliphatic heterocycles. The summed E-state index contributed by atoms with van der Waals surface area (Å²) in [6, 6.07) is 10.7. The number of carboxylic acid groups (broad SMARTS) is 1. The third kappa shape index (κ3) is 4.49. The Kier molecular flexibility index (Phi) is 5.86. The predicted molar refractivity (Wildman–Crippen MR) is 73.7 cm³/mol. The first kappa shape index (κ1) is 14.7. The molecule has 0 saturated heterocycles. The van der Waals surface area contributed by atoms with Crippen LogP contribution in [-0.4, -0.2) is 34.6 Å². The van der Waals surface area contributed by atoms with E-state index in [4.69, 9.17) is 5.11 Å². The molecule has 18 heavy (non-hydrogen) atoms. The van der Waals surface area contributed by atoms with E-state index in [1.54, 1.807) is 0 Å². The molecule has 1 rings (SSSR count). The minimum Gasteiger partial charge on any atom is -0.480 e. The maximum atomic E-state index is 10.9. The van der Waals surface area contributed by atoms with Gasteiger partial charge < -0.3 is 5.11 Å². The van der Waals surface area contributed by atoms with Gasteiger partial charge in [-0.3, -0.25) is 9.69 Å². The molecular weight excluding hydrogens is 226 g/mol. The summed E-state index contributed by atoms with van der Waals surface area (Å²) in [5.74, 6) is -0.754. The van der Waals surface area contributed by atoms with Crippen LogP contribution >= 0.6 is 0 Å². The minimum absolute atomic E-state index is 0.114. The van der Waals surface area contributed by atoms with Gasteiger partial charge in [0.25, 0.3) is 0 Å². The number of hydrogen-bond donors (Lipinski definition) is 1. The molecule has 0 radical (unpaired) electrons. The Hall–Kier alpha value is -1.35. The fourth-order valence-electron chi connectivity index (χ4n) is 2.21. The van der Waals surface area contributed by atoms with E-state index in [2.05, 4.69) is 37.8 Å². The van der Waals surface area contributed by atoms with Crippen LogP contribution in [0.15, 0.2) is 30.3 Å². The molecular formula is C15H23NO2. The summed E-state index contributed by atoms with van der Waals surface area (Å²) >= 11 is 0. The van der Waals surface area contributed by atoms with Gasteiger partial charge in [0.1, 0.15) is 0 Å². The molecule has 1 N–H and O–H groups in total. The van der Waals surface area contributed by atoms with Gasteiger partial charge in [-0.05, 0) is 32.3 Å². The Morgan fingerprint density at radius 1 is 1.22 bits per heavy atom. The van der Waals surface area contributed by atoms with E-state index >= 15 is 0 Å². The number of carboxylic acids is 1. The van der Waals surface area contributed by atoms with Crippen molar-refractivity contribution in [2.24, 2.45) is 0 Å². The van der Waals surface area contributed by atoms with Crippen molar-refractivity contribution in [1.82, 2.24) is 4.90 Å². The lowest BCUT2D eigenvalue weighted by molar-refractivity contribution is -0.139. The second-order valence-corrected chi connectivity index (χ2v) is 4.86. The average Bonchev–Trinajstić information content (AvgIpc) is 2.36. The van der Waals surface area contributed by atoms with Gasteiger partial charge in [0.2, 0.25) is 0 Å². The fourth-order valence-corrected chi connectivity index (χ4v) is 2.21. The first-order valence-electron chi connectivity index (χ1n) is 6.56. The van der Waals surface area contributed by atoms with Crippen molar-refractivity contribution in [2.75, 3.05) is 6.54 Å². The summed E-state index contributed by atoms with van der Waals surface area (Å²) in [6.07, 6.45) is 1.85. The Labute approximate surface area is 109 Å². The molecule has 3 heteroatoms. The summed E-state index contributed by atoms with van der Waals surface area (Å²) in [5, 5.41) is 9.00. The highest BCUT2D eigenvalue weighted by atomic mass is 16.4. The van der Waals surface area contributed by atoms with E-state index in [0.717, 1.165) is 12.8 Å². The SMILES string of the molecule is CCC(C)N(CC(=O)O)C(C)Cc1ccccc1. The van der Waals surface area contributed by atoms with Crippen molar-refractivity contribution in [1.29, 1.82) is 0 Å². The minimum atomic E-state index is -0.754. The Bertz CT molecular complexity index is 364. The molecule has 0 spiro atoms. The van der Waals surface area contributed by atoms with Crippen LogP contribution < -0.4 is 0 Å². The lowest BCUT2D eigenvalue weighted by atomic mass is 10.0. The summed E-state index contributed by atoms with van der Waals surface area (Å²) < 4.78 is 0. The monoisotopic (exact) mass is 249 g/mol. The highest BCUT2D eigenvalue weighted by molar-refractivity contribution is 5.69. The predicted octanol–water partition coefficient (Wildman–Crippen LogP) is 2.80. The number of carbonyl (C=O) groups is 1. The molecule has 0 saturated carbocycles. The van der Waals surface area contributed by atoms with Gasteiger partial charge in [0.05, 0.1) is 6.54 Å². The van der Waals surface area contributed by atoms with Crippen molar-refractivity contribution >= 4 is 5.97 Å². The van der Waals surface area contributed by atoms with Crippen molar-refractivity contribution in [3.63, 3.8) is 0 Å². The average molecular weight is 249 g/mol. The molecule has 0 aromatic heterocycles. The lowest BCUT2D eigenvalue weighted by Gasteiger charge is -2.32. The van der Waals surface area contributed by atoms with Crippen LogP contribution in [0.4, 0.5) is 0 Å². The third-order valence-corrected chi connectivity index (χ3v) is 3.41. The molecule has 100 valence electrons. The van der Waals surface area contributed by atoms with Crippen molar-refractivity contribution < 1.29 is 9.90 Å². The van der Waals surface area contributed by atoms with Gasteiger partial charge >= 0.3 is 5.97 Å². The molecule has 0 aliphatic rings. The van der Waals surface area contributed by atoms with Gasteiger partial charge in [-0.1, -0.05) is 37.3 Å². The summed E-state index contributed by atoms with van der Waals surface area (Å²) in [7, 11) is 0. The molecule has 3 nitrogen and oxygen atoms in total. The van der Waals surface area contributed by atoms with Gasteiger partial charge in [0.15, 0.2) is 0 Å². The molecule has 0 bridgehead atoms. The zero-order valence-corrected chi connectivity index (χ0v) is 11.5. The standard InChI is InChI=1S/C15H23NO2/c1-4-12(2)16(11-15(17)18)13(3)10-14-8-6-5-7-9-14/h5-9,12-13H,4,10-11H2,1-3H3,(H,17,18). The van der Waals surface area contributed by atoms with Crippen LogP contribution in [0.25, 0.3) is 0 Å². The zero-order chi connectivity index (χ0) is 13.5. The normalized spacial score (nSPS) is 14.4. The topological polar surface area (TPSA) is 40.5 Å². The molecule has 0 aliphatic carbocycles. The summed E-state index contributed by atoms with van der Waals surface area (Å²) in [4.78, 5) is 13.0. The molecule has 2 unspecified atom stereocenters. The number of rotatable bonds is 7. The first-order chi connectivity index (χ1) is 8.54. The molecule has 0 heterocycles. The van der Waals surface area contributed by atoms with Crippen LogP contribution in [0.1, 0.15) is 32.8 Å². The molecule has 2 atom stereocenters. The number of aliphatic carboxylic acids is 1. The Balaban J connectivity index is 2.69. The van der Waals surface area contributed by atoms with E-state index in [0.29, 0.717) is 6.04 Å². The maximum Gasteiger partial charge on any atom is 0.317 e. The Morgan fingerprint density at radius 3 is 2.33 bits per heavy atom. The lowest BCUT2D eigenvalue weighted by Crippen LogP contribution is -2.44. The van der Waals surface area contributed by atoms with E-state index < -0.39 is 5.97 Å². The number of nitrogens with zero attached hydrogens (tertiary/aromatic N) is 1. The second-order valence-electron chi connectivity index (χ2n) is 4.86. The van der Waals surface area contributed by atoms with Crippen LogP contribution in [0.5, 0.6) is 0 Å². The van der Waals surface area contributed by atoms with Crippen LogP contribution in [0, 0.1) is 0 Å². The fraction of sp³-hybridized carbons (Fsp3) is 0.533. The van der Waals surface area contributed by atoms with Gasteiger partial charge in [-0.15, -0.1) is 0 Å². The van der Waals surface area contributed by atoms with E-state index in [9.17, 15) is 4.79 Å². The van der Waals surface area contributed by atoms with Crippen molar-refractivity contribution in [3.8, 4) is 0 Å². The molecule has 0 fully saturated rings. The molecule has 1 aromatic rings. The van der Waals surface area contributed by atoms with Gasteiger partial charge in [-0.25, -0.2) is 0 Å². The maximum absolute atomic E-state index is 10.9. The largest absolute Gasteiger partial charge is 0.480 e. The van der Waals surface area contributed by atoms with E-state index in [-0.39, 0.29) is 12.6 Å². The third-order valence-electron chi connectivity index (χ3n) is 3.41. The van der Waals surface area contributed by atoms with Gasteiger partial charge in [-0.2, -0.15) is 0 Å². The quantitative estimate of drug-likeness (QED) is 0.807. The van der Waals surface area contributed by atoms with E-state index in [1.165, 1.54) is 5.56 Å². The van der Waals surface area contributed by atoms with Crippen LogP contribution in [0.2, 0.25) is 0 Å². The second kappa shape index (κ2) is 7.17. The van der Waals surface area contributed by atoms with Gasteiger partial charge in [0, 0.05) is 12.1 Å². The van der Waals surface area contributed by atoms with Crippen molar-refractivity contribution in [2.45, 2.75) is 45.7 Å². The molecule has 0 amide bonds. The smallest absolute Gasteiger partial charge is 0.317 e. The summed E-state index contributed by atoms with van der Waals surface area (Å²) in [6.45, 7) is 6.39. The number of benzene rings is 1. The highest BCUT2D eigenvalue weighted by Gasteiger charge is 2.21. The number of hydrogen-bond acceptors (Lipinski definition) is 2. The van der Waals surface area contributed by atoms with E-state index in [1.807, 2.05) is 18.2 Å². The van der Waals surface area contributed by atoms with Crippen LogP contribution in [-0.2, 0) is 11.2 Å². The van der Waals surface area contributed by atoms with Crippen LogP contribution in [0.3, 0.4) is 0 Å². The Morgan fingerprint density at radius 2 is 1.83 bits per heavy atom.